The van der Waals surface area contributed by atoms with Gasteiger partial charge in [0.05, 0.1) is 6.61 Å². The van der Waals surface area contributed by atoms with Crippen LogP contribution in [-0.4, -0.2) is 37.9 Å². The maximum Gasteiger partial charge on any atom is 0.306 e. The minimum atomic E-state index is -0.530. The number of hydrogen-bond acceptors (Lipinski definition) is 5. The summed E-state index contributed by atoms with van der Waals surface area (Å²) in [5.74, 6) is -0.407. The Morgan fingerprint density at radius 3 is 1.38 bits per heavy atom. The lowest BCUT2D eigenvalue weighted by Gasteiger charge is -2.18. The van der Waals surface area contributed by atoms with E-state index >= 15 is 0 Å². The molecule has 0 N–H and O–H groups in total. The van der Waals surface area contributed by atoms with E-state index in [9.17, 15) is 9.59 Å². The smallest absolute Gasteiger partial charge is 0.306 e. The van der Waals surface area contributed by atoms with Crippen molar-refractivity contribution < 1.29 is 23.8 Å². The van der Waals surface area contributed by atoms with Crippen molar-refractivity contribution >= 4 is 11.9 Å². The van der Waals surface area contributed by atoms with Crippen LogP contribution in [0.1, 0.15) is 226 Å². The number of unbranched alkanes of at least 4 members (excludes halogenated alkanes) is 24. The topological polar surface area (TPSA) is 61.8 Å². The van der Waals surface area contributed by atoms with Gasteiger partial charge in [0.15, 0.2) is 6.10 Å². The van der Waals surface area contributed by atoms with E-state index in [2.05, 4.69) is 57.2 Å². The lowest BCUT2D eigenvalue weighted by atomic mass is 10.1. The average Bonchev–Trinajstić information content (AvgIpc) is 3.14. The molecule has 0 aromatic carbocycles. The van der Waals surface area contributed by atoms with Crippen molar-refractivity contribution in [1.29, 1.82) is 0 Å². The zero-order chi connectivity index (χ0) is 37.8. The molecule has 0 saturated heterocycles. The summed E-state index contributed by atoms with van der Waals surface area (Å²) in [6, 6.07) is 0. The standard InChI is InChI=1S/C47H86O5/c1-4-7-10-13-16-18-20-22-23-24-25-26-27-29-32-34-37-40-46(48)51-44-45(52-47(49)41-38-35-31-15-12-9-6-3)43-50-42-39-36-33-30-28-21-19-17-14-11-8-5-2/h7,10,16,18,22-23,45H,4-6,8-9,11-15,17,19-21,24-44H2,1-3H3/b10-7-,18-16-,23-22-. The second kappa shape index (κ2) is 43.5. The summed E-state index contributed by atoms with van der Waals surface area (Å²) in [5, 5.41) is 0. The highest BCUT2D eigenvalue weighted by molar-refractivity contribution is 5.70. The second-order valence-corrected chi connectivity index (χ2v) is 14.9. The molecule has 0 aliphatic heterocycles. The molecule has 0 heterocycles. The second-order valence-electron chi connectivity index (χ2n) is 14.9. The molecule has 0 aromatic rings. The Morgan fingerprint density at radius 2 is 0.865 bits per heavy atom. The summed E-state index contributed by atoms with van der Waals surface area (Å²) >= 11 is 0. The van der Waals surface area contributed by atoms with E-state index in [0.29, 0.717) is 19.4 Å². The minimum Gasteiger partial charge on any atom is -0.462 e. The Bertz CT molecular complexity index is 832. The molecule has 1 atom stereocenters. The fraction of sp³-hybridized carbons (Fsp3) is 0.830. The minimum absolute atomic E-state index is 0.0844. The zero-order valence-corrected chi connectivity index (χ0v) is 34.8. The van der Waals surface area contributed by atoms with Crippen molar-refractivity contribution in [3.63, 3.8) is 0 Å². The molecule has 0 rings (SSSR count). The molecule has 0 radical (unpaired) electrons. The van der Waals surface area contributed by atoms with Gasteiger partial charge < -0.3 is 14.2 Å². The van der Waals surface area contributed by atoms with Crippen LogP contribution in [0.3, 0.4) is 0 Å². The highest BCUT2D eigenvalue weighted by Crippen LogP contribution is 2.14. The highest BCUT2D eigenvalue weighted by Gasteiger charge is 2.17. The van der Waals surface area contributed by atoms with Gasteiger partial charge in [-0.3, -0.25) is 9.59 Å². The Kier molecular flexibility index (Phi) is 42.0. The van der Waals surface area contributed by atoms with Crippen LogP contribution in [0.15, 0.2) is 36.5 Å². The predicted molar refractivity (Wildman–Crippen MR) is 224 cm³/mol. The molecule has 0 aliphatic carbocycles. The first-order valence-corrected chi connectivity index (χ1v) is 22.5. The van der Waals surface area contributed by atoms with Crippen LogP contribution >= 0.6 is 0 Å². The van der Waals surface area contributed by atoms with E-state index in [1.54, 1.807) is 0 Å². The largest absolute Gasteiger partial charge is 0.462 e. The Balaban J connectivity index is 4.13. The Morgan fingerprint density at radius 1 is 0.442 bits per heavy atom. The number of carbonyl (C=O) groups is 2. The SMILES string of the molecule is CC/C=C\C/C=C\C/C=C\CCCCCCCCCC(=O)OCC(COCCCCCCCCCCCCCC)OC(=O)CCCCCCCCC. The van der Waals surface area contributed by atoms with Crippen LogP contribution in [0.2, 0.25) is 0 Å². The van der Waals surface area contributed by atoms with Crippen LogP contribution < -0.4 is 0 Å². The van der Waals surface area contributed by atoms with E-state index < -0.39 is 6.10 Å². The lowest BCUT2D eigenvalue weighted by molar-refractivity contribution is -0.163. The summed E-state index contributed by atoms with van der Waals surface area (Å²) in [5.41, 5.74) is 0. The quantitative estimate of drug-likeness (QED) is 0.0356. The van der Waals surface area contributed by atoms with Gasteiger partial charge in [-0.05, 0) is 51.4 Å². The lowest BCUT2D eigenvalue weighted by Crippen LogP contribution is -2.30. The highest BCUT2D eigenvalue weighted by atomic mass is 16.6. The summed E-state index contributed by atoms with van der Waals surface area (Å²) in [7, 11) is 0. The van der Waals surface area contributed by atoms with Gasteiger partial charge in [-0.25, -0.2) is 0 Å². The molecule has 0 spiro atoms. The normalized spacial score (nSPS) is 12.4. The number of carbonyl (C=O) groups excluding carboxylic acids is 2. The molecule has 0 aromatic heterocycles. The van der Waals surface area contributed by atoms with E-state index in [4.69, 9.17) is 14.2 Å². The van der Waals surface area contributed by atoms with Gasteiger partial charge in [-0.2, -0.15) is 0 Å². The Labute approximate surface area is 323 Å². The summed E-state index contributed by atoms with van der Waals surface area (Å²) < 4.78 is 17.2. The van der Waals surface area contributed by atoms with Crippen LogP contribution in [0.4, 0.5) is 0 Å². The first-order valence-electron chi connectivity index (χ1n) is 22.5. The third-order valence-electron chi connectivity index (χ3n) is 9.69. The van der Waals surface area contributed by atoms with Crippen molar-refractivity contribution in [3.05, 3.63) is 36.5 Å². The molecule has 0 bridgehead atoms. The summed E-state index contributed by atoms with van der Waals surface area (Å²) in [6.07, 6.45) is 50.0. The van der Waals surface area contributed by atoms with Gasteiger partial charge in [0.1, 0.15) is 6.61 Å². The van der Waals surface area contributed by atoms with Gasteiger partial charge in [0.2, 0.25) is 0 Å². The molecule has 5 nitrogen and oxygen atoms in total. The van der Waals surface area contributed by atoms with Crippen molar-refractivity contribution in [2.75, 3.05) is 19.8 Å². The molecular weight excluding hydrogens is 645 g/mol. The fourth-order valence-corrected chi connectivity index (χ4v) is 6.35. The van der Waals surface area contributed by atoms with E-state index in [-0.39, 0.29) is 25.2 Å². The molecule has 1 unspecified atom stereocenters. The first kappa shape index (κ1) is 50.1. The van der Waals surface area contributed by atoms with Crippen molar-refractivity contribution in [1.82, 2.24) is 0 Å². The van der Waals surface area contributed by atoms with Gasteiger partial charge in [-0.1, -0.05) is 198 Å². The maximum atomic E-state index is 12.6. The van der Waals surface area contributed by atoms with E-state index in [1.807, 2.05) is 0 Å². The van der Waals surface area contributed by atoms with Gasteiger partial charge in [0.25, 0.3) is 0 Å². The molecule has 52 heavy (non-hydrogen) atoms. The number of rotatable bonds is 41. The summed E-state index contributed by atoms with van der Waals surface area (Å²) in [6.45, 7) is 7.69. The first-order chi connectivity index (χ1) is 25.6. The third kappa shape index (κ3) is 40.9. The number of esters is 2. The fourth-order valence-electron chi connectivity index (χ4n) is 6.35. The van der Waals surface area contributed by atoms with Gasteiger partial charge in [-0.15, -0.1) is 0 Å². The van der Waals surface area contributed by atoms with E-state index in [1.165, 1.54) is 128 Å². The van der Waals surface area contributed by atoms with Crippen LogP contribution in [-0.2, 0) is 23.8 Å². The monoisotopic (exact) mass is 731 g/mol. The molecule has 0 aliphatic rings. The van der Waals surface area contributed by atoms with Crippen LogP contribution in [0.25, 0.3) is 0 Å². The predicted octanol–water partition coefficient (Wildman–Crippen LogP) is 14.7. The zero-order valence-electron chi connectivity index (χ0n) is 34.8. The van der Waals surface area contributed by atoms with Crippen molar-refractivity contribution in [2.45, 2.75) is 232 Å². The van der Waals surface area contributed by atoms with Crippen LogP contribution in [0.5, 0.6) is 0 Å². The number of ether oxygens (including phenoxy) is 3. The van der Waals surface area contributed by atoms with Crippen molar-refractivity contribution in [2.24, 2.45) is 0 Å². The van der Waals surface area contributed by atoms with Gasteiger partial charge >= 0.3 is 11.9 Å². The average molecular weight is 731 g/mol. The Hall–Kier alpha value is -1.88. The number of allylic oxidation sites excluding steroid dienone is 6. The molecule has 5 heteroatoms. The van der Waals surface area contributed by atoms with E-state index in [0.717, 1.165) is 64.2 Å². The number of hydrogen-bond donors (Lipinski definition) is 0. The maximum absolute atomic E-state index is 12.6. The molecular formula is C47H86O5. The molecule has 304 valence electrons. The summed E-state index contributed by atoms with van der Waals surface area (Å²) in [4.78, 5) is 25.1. The van der Waals surface area contributed by atoms with Gasteiger partial charge in [0, 0.05) is 19.4 Å². The molecule has 0 amide bonds. The third-order valence-corrected chi connectivity index (χ3v) is 9.69. The molecule has 0 saturated carbocycles. The van der Waals surface area contributed by atoms with Crippen molar-refractivity contribution in [3.8, 4) is 0 Å². The van der Waals surface area contributed by atoms with Crippen LogP contribution in [0, 0.1) is 0 Å². The molecule has 0 fully saturated rings.